The van der Waals surface area contributed by atoms with Crippen LogP contribution in [0.4, 0.5) is 5.69 Å². The summed E-state index contributed by atoms with van der Waals surface area (Å²) in [7, 11) is 3.99. The van der Waals surface area contributed by atoms with Gasteiger partial charge < -0.3 is 9.64 Å². The molecule has 1 atom stereocenters. The Kier molecular flexibility index (Phi) is 8.13. The van der Waals surface area contributed by atoms with Crippen LogP contribution in [0.5, 0.6) is 0 Å². The summed E-state index contributed by atoms with van der Waals surface area (Å²) in [5, 5.41) is 0. The van der Waals surface area contributed by atoms with Crippen molar-refractivity contribution in [3.8, 4) is 0 Å². The maximum Gasteiger partial charge on any atom is 0.338 e. The fraction of sp³-hybridized carbons (Fsp3) is 0.367. The number of carbonyl (C=O) groups excluding carboxylic acids is 1. The minimum atomic E-state index is -0.587. The smallest absolute Gasteiger partial charge is 0.338 e. The van der Waals surface area contributed by atoms with E-state index in [1.807, 2.05) is 61.5 Å². The highest BCUT2D eigenvalue weighted by Gasteiger charge is 2.34. The minimum Gasteiger partial charge on any atom is -0.463 e. The lowest BCUT2D eigenvalue weighted by atomic mass is 9.92. The fourth-order valence-corrected chi connectivity index (χ4v) is 5.54. The molecule has 2 aromatic carbocycles. The summed E-state index contributed by atoms with van der Waals surface area (Å²) >= 11 is 1.36. The van der Waals surface area contributed by atoms with Crippen LogP contribution in [-0.4, -0.2) is 31.2 Å². The number of thiazole rings is 1. The highest BCUT2D eigenvalue weighted by Crippen LogP contribution is 2.33. The predicted molar refractivity (Wildman–Crippen MR) is 151 cm³/mol. The van der Waals surface area contributed by atoms with Crippen molar-refractivity contribution >= 4 is 29.1 Å². The second-order valence-electron chi connectivity index (χ2n) is 9.72. The number of rotatable bonds is 8. The molecule has 0 spiro atoms. The zero-order valence-corrected chi connectivity index (χ0v) is 23.3. The van der Waals surface area contributed by atoms with Crippen LogP contribution in [0.25, 0.3) is 6.08 Å². The summed E-state index contributed by atoms with van der Waals surface area (Å²) in [5.41, 5.74) is 5.10. The maximum absolute atomic E-state index is 13.8. The number of allylic oxidation sites excluding steroid dienone is 1. The van der Waals surface area contributed by atoms with Crippen LogP contribution >= 0.6 is 11.3 Å². The Morgan fingerprint density at radius 1 is 1.11 bits per heavy atom. The second kappa shape index (κ2) is 11.3. The van der Waals surface area contributed by atoms with Gasteiger partial charge in [-0.3, -0.25) is 9.36 Å². The van der Waals surface area contributed by atoms with Gasteiger partial charge in [0.15, 0.2) is 4.80 Å². The highest BCUT2D eigenvalue weighted by atomic mass is 32.1. The van der Waals surface area contributed by atoms with E-state index in [2.05, 4.69) is 32.9 Å². The molecule has 6 nitrogen and oxygen atoms in total. The first-order valence-electron chi connectivity index (χ1n) is 12.8. The van der Waals surface area contributed by atoms with E-state index in [4.69, 9.17) is 9.73 Å². The van der Waals surface area contributed by atoms with E-state index in [1.165, 1.54) is 16.9 Å². The number of hydrogen-bond donors (Lipinski definition) is 0. The predicted octanol–water partition coefficient (Wildman–Crippen LogP) is 4.77. The first kappa shape index (κ1) is 26.6. The molecule has 1 aliphatic heterocycles. The molecular formula is C30H35N3O3S. The third kappa shape index (κ3) is 5.47. The molecule has 0 N–H and O–H groups in total. The van der Waals surface area contributed by atoms with Crippen LogP contribution in [-0.2, 0) is 9.53 Å². The average molecular weight is 518 g/mol. The van der Waals surface area contributed by atoms with E-state index in [0.29, 0.717) is 32.9 Å². The minimum absolute atomic E-state index is 0.157. The molecule has 4 rings (SSSR count). The zero-order chi connectivity index (χ0) is 26.7. The van der Waals surface area contributed by atoms with Gasteiger partial charge in [0.1, 0.15) is 0 Å². The molecule has 0 fully saturated rings. The van der Waals surface area contributed by atoms with Gasteiger partial charge in [-0.05, 0) is 54.2 Å². The van der Waals surface area contributed by atoms with Gasteiger partial charge >= 0.3 is 5.97 Å². The van der Waals surface area contributed by atoms with Crippen molar-refractivity contribution in [2.75, 3.05) is 25.6 Å². The molecule has 37 heavy (non-hydrogen) atoms. The van der Waals surface area contributed by atoms with E-state index >= 15 is 0 Å². The van der Waals surface area contributed by atoms with Gasteiger partial charge in [0.25, 0.3) is 5.56 Å². The molecule has 1 aliphatic rings. The van der Waals surface area contributed by atoms with E-state index < -0.39 is 12.0 Å². The average Bonchev–Trinajstić information content (AvgIpc) is 3.18. The monoisotopic (exact) mass is 517 g/mol. The lowest BCUT2D eigenvalue weighted by Crippen LogP contribution is -2.40. The molecular weight excluding hydrogens is 482 g/mol. The van der Waals surface area contributed by atoms with Gasteiger partial charge in [0, 0.05) is 19.8 Å². The van der Waals surface area contributed by atoms with Crippen molar-refractivity contribution < 1.29 is 9.53 Å². The number of hydrogen-bond acceptors (Lipinski definition) is 6. The Hall–Kier alpha value is -3.45. The summed E-state index contributed by atoms with van der Waals surface area (Å²) in [6.07, 6.45) is 3.36. The van der Waals surface area contributed by atoms with Crippen molar-refractivity contribution in [1.82, 2.24) is 4.57 Å². The van der Waals surface area contributed by atoms with E-state index in [0.717, 1.165) is 23.2 Å². The number of benzene rings is 2. The van der Waals surface area contributed by atoms with Crippen LogP contribution < -0.4 is 19.8 Å². The van der Waals surface area contributed by atoms with Crippen LogP contribution in [0.1, 0.15) is 69.2 Å². The standard InChI is InChI=1S/C30H35N3O3S/c1-7-9-24-26(29(35)36-8-2)27(22-14-12-21(13-15-22)19(3)4)33-28(34)25(37-30(33)31-24)18-20-10-16-23(17-11-20)32(5)6/h10-19,27H,7-9H2,1-6H3/b25-18-/t27-/m1/s1. The lowest BCUT2D eigenvalue weighted by molar-refractivity contribution is -0.139. The molecule has 0 bridgehead atoms. The highest BCUT2D eigenvalue weighted by molar-refractivity contribution is 7.07. The molecule has 0 radical (unpaired) electrons. The third-order valence-corrected chi connectivity index (χ3v) is 7.50. The van der Waals surface area contributed by atoms with E-state index in [-0.39, 0.29) is 12.2 Å². The molecule has 0 amide bonds. The normalized spacial score (nSPS) is 15.5. The largest absolute Gasteiger partial charge is 0.463 e. The van der Waals surface area contributed by atoms with Crippen LogP contribution in [0, 0.1) is 0 Å². The molecule has 0 saturated carbocycles. The number of carbonyl (C=O) groups is 1. The van der Waals surface area contributed by atoms with Gasteiger partial charge in [-0.25, -0.2) is 9.79 Å². The molecule has 7 heteroatoms. The first-order chi connectivity index (χ1) is 17.7. The number of ether oxygens (including phenoxy) is 1. The number of esters is 1. The number of fused-ring (bicyclic) bond motifs is 1. The van der Waals surface area contributed by atoms with Gasteiger partial charge in [0.05, 0.1) is 28.5 Å². The van der Waals surface area contributed by atoms with Gasteiger partial charge in [-0.15, -0.1) is 0 Å². The number of aromatic nitrogens is 1. The topological polar surface area (TPSA) is 63.9 Å². The Labute approximate surface area is 222 Å². The lowest BCUT2D eigenvalue weighted by Gasteiger charge is -2.26. The summed E-state index contributed by atoms with van der Waals surface area (Å²) in [5.74, 6) is -0.0353. The summed E-state index contributed by atoms with van der Waals surface area (Å²) in [6, 6.07) is 15.7. The Balaban J connectivity index is 1.93. The second-order valence-corrected chi connectivity index (χ2v) is 10.7. The van der Waals surface area contributed by atoms with Crippen molar-refractivity contribution in [2.24, 2.45) is 4.99 Å². The number of nitrogens with zero attached hydrogens (tertiary/aromatic N) is 3. The maximum atomic E-state index is 13.8. The quantitative estimate of drug-likeness (QED) is 0.404. The van der Waals surface area contributed by atoms with Crippen LogP contribution in [0.2, 0.25) is 0 Å². The van der Waals surface area contributed by atoms with Gasteiger partial charge in [-0.2, -0.15) is 0 Å². The Bertz CT molecular complexity index is 1480. The van der Waals surface area contributed by atoms with Crippen LogP contribution in [0.3, 0.4) is 0 Å². The van der Waals surface area contributed by atoms with Crippen molar-refractivity contribution in [3.05, 3.63) is 96.2 Å². The zero-order valence-electron chi connectivity index (χ0n) is 22.4. The molecule has 0 aliphatic carbocycles. The van der Waals surface area contributed by atoms with Crippen LogP contribution in [0.15, 0.2) is 69.6 Å². The SMILES string of the molecule is CCCC1=C(C(=O)OCC)[C@@H](c2ccc(C(C)C)cc2)n2c(s/c(=C\c3ccc(N(C)C)cc3)c2=O)=N1. The van der Waals surface area contributed by atoms with Crippen molar-refractivity contribution in [3.63, 3.8) is 0 Å². The molecule has 1 aromatic heterocycles. The molecule has 0 saturated heterocycles. The van der Waals surface area contributed by atoms with Gasteiger partial charge in [-0.1, -0.05) is 74.9 Å². The summed E-state index contributed by atoms with van der Waals surface area (Å²) < 4.78 is 7.73. The number of anilines is 1. The Morgan fingerprint density at radius 3 is 2.35 bits per heavy atom. The fourth-order valence-electron chi connectivity index (χ4n) is 4.52. The van der Waals surface area contributed by atoms with Crippen molar-refractivity contribution in [1.29, 1.82) is 0 Å². The first-order valence-corrected chi connectivity index (χ1v) is 13.7. The van der Waals surface area contributed by atoms with E-state index in [9.17, 15) is 9.59 Å². The molecule has 3 aromatic rings. The van der Waals surface area contributed by atoms with E-state index in [1.54, 1.807) is 11.5 Å². The summed E-state index contributed by atoms with van der Waals surface area (Å²) in [4.78, 5) is 34.6. The Morgan fingerprint density at radius 2 is 1.78 bits per heavy atom. The van der Waals surface area contributed by atoms with Gasteiger partial charge in [0.2, 0.25) is 0 Å². The molecule has 194 valence electrons. The van der Waals surface area contributed by atoms with Crippen molar-refractivity contribution in [2.45, 2.75) is 52.5 Å². The third-order valence-electron chi connectivity index (χ3n) is 6.52. The molecule has 2 heterocycles. The summed E-state index contributed by atoms with van der Waals surface area (Å²) in [6.45, 7) is 8.40. The molecule has 0 unspecified atom stereocenters.